The first-order valence-electron chi connectivity index (χ1n) is 7.20. The molecule has 1 unspecified atom stereocenters. The zero-order chi connectivity index (χ0) is 16.2. The third-order valence-corrected chi connectivity index (χ3v) is 5.16. The van der Waals surface area contributed by atoms with Crippen LogP contribution in [0.25, 0.3) is 0 Å². The molecule has 0 aliphatic heterocycles. The number of hydrogen-bond donors (Lipinski definition) is 1. The molecule has 1 amide bonds. The van der Waals surface area contributed by atoms with Crippen LogP contribution in [0.4, 0.5) is 0 Å². The van der Waals surface area contributed by atoms with Gasteiger partial charge in [-0.3, -0.25) is 4.79 Å². The van der Waals surface area contributed by atoms with Gasteiger partial charge in [0.15, 0.2) is 0 Å². The number of carbonyl (C=O) groups is 1. The van der Waals surface area contributed by atoms with Crippen LogP contribution < -0.4 is 5.32 Å². The van der Waals surface area contributed by atoms with E-state index in [1.54, 1.807) is 4.57 Å². The highest BCUT2D eigenvalue weighted by Crippen LogP contribution is 2.19. The number of aryl methyl sites for hydroxylation is 1. The molecule has 0 fully saturated rings. The molecule has 0 aromatic carbocycles. The van der Waals surface area contributed by atoms with Gasteiger partial charge in [0.2, 0.25) is 0 Å². The van der Waals surface area contributed by atoms with Crippen molar-refractivity contribution in [2.45, 2.75) is 58.0 Å². The van der Waals surface area contributed by atoms with Gasteiger partial charge in [-0.1, -0.05) is 26.7 Å². The first-order valence-corrected chi connectivity index (χ1v) is 9.51. The Morgan fingerprint density at radius 3 is 2.33 bits per heavy atom. The van der Waals surface area contributed by atoms with Crippen molar-refractivity contribution in [3.63, 3.8) is 0 Å². The maximum atomic E-state index is 12.3. The van der Waals surface area contributed by atoms with E-state index < -0.39 is 9.05 Å². The van der Waals surface area contributed by atoms with Gasteiger partial charge < -0.3 is 9.88 Å². The second-order valence-electron chi connectivity index (χ2n) is 5.12. The summed E-state index contributed by atoms with van der Waals surface area (Å²) in [4.78, 5) is 12.3. The third kappa shape index (κ3) is 4.48. The Kier molecular flexibility index (Phi) is 6.28. The summed E-state index contributed by atoms with van der Waals surface area (Å²) in [5.41, 5.74) is 0.314. The lowest BCUT2D eigenvalue weighted by Crippen LogP contribution is -2.38. The van der Waals surface area contributed by atoms with Crippen molar-refractivity contribution >= 4 is 25.6 Å². The van der Waals surface area contributed by atoms with Crippen LogP contribution in [0.5, 0.6) is 0 Å². The Morgan fingerprint density at radius 2 is 1.90 bits per heavy atom. The van der Waals surface area contributed by atoms with E-state index in [0.717, 1.165) is 12.8 Å². The fraction of sp³-hybridized carbons (Fsp3) is 0.643. The largest absolute Gasteiger partial charge is 0.348 e. The van der Waals surface area contributed by atoms with E-state index in [-0.39, 0.29) is 16.8 Å². The molecule has 0 saturated carbocycles. The summed E-state index contributed by atoms with van der Waals surface area (Å²) >= 11 is 0. The molecule has 5 nitrogen and oxygen atoms in total. The summed E-state index contributed by atoms with van der Waals surface area (Å²) in [6.45, 7) is 8.47. The smallest absolute Gasteiger partial charge is 0.268 e. The minimum absolute atomic E-state index is 0.0313. The maximum Gasteiger partial charge on any atom is 0.268 e. The van der Waals surface area contributed by atoms with Gasteiger partial charge in [-0.2, -0.15) is 0 Å². The summed E-state index contributed by atoms with van der Waals surface area (Å²) in [5, 5.41) is 2.94. The van der Waals surface area contributed by atoms with E-state index in [4.69, 9.17) is 10.7 Å². The van der Waals surface area contributed by atoms with Gasteiger partial charge in [-0.05, 0) is 25.8 Å². The number of hydrogen-bond acceptors (Lipinski definition) is 3. The van der Waals surface area contributed by atoms with Gasteiger partial charge in [0.25, 0.3) is 15.0 Å². The van der Waals surface area contributed by atoms with Crippen LogP contribution in [-0.2, 0) is 15.6 Å². The Balaban J connectivity index is 3.00. The van der Waals surface area contributed by atoms with Crippen molar-refractivity contribution in [2.75, 3.05) is 0 Å². The number of nitrogens with one attached hydrogen (secondary N) is 1. The maximum absolute atomic E-state index is 12.3. The fourth-order valence-electron chi connectivity index (χ4n) is 2.46. The van der Waals surface area contributed by atoms with Gasteiger partial charge in [0.05, 0.1) is 0 Å². The number of aromatic nitrogens is 1. The molecule has 120 valence electrons. The molecule has 1 rings (SSSR count). The molecular formula is C14H23ClN2O3S. The van der Waals surface area contributed by atoms with Crippen molar-refractivity contribution < 1.29 is 13.2 Å². The van der Waals surface area contributed by atoms with E-state index in [2.05, 4.69) is 19.2 Å². The lowest BCUT2D eigenvalue weighted by molar-refractivity contribution is 0.0916. The SMILES string of the molecule is CCC(CC)C(C)NC(=O)c1cc(S(=O)(=O)Cl)cn1CC. The molecule has 0 spiro atoms. The van der Waals surface area contributed by atoms with Gasteiger partial charge in [-0.25, -0.2) is 8.42 Å². The Morgan fingerprint density at radius 1 is 1.33 bits per heavy atom. The molecule has 1 aromatic rings. The van der Waals surface area contributed by atoms with Crippen LogP contribution in [0.1, 0.15) is 51.0 Å². The second-order valence-corrected chi connectivity index (χ2v) is 7.69. The number of carbonyl (C=O) groups excluding carboxylic acids is 1. The molecule has 0 radical (unpaired) electrons. The standard InChI is InChI=1S/C14H23ClN2O3S/c1-5-11(6-2)10(4)16-14(18)13-8-12(21(15,19)20)9-17(13)7-3/h8-11H,5-7H2,1-4H3,(H,16,18). The summed E-state index contributed by atoms with van der Waals surface area (Å²) in [7, 11) is 1.50. The molecular weight excluding hydrogens is 312 g/mol. The first kappa shape index (κ1) is 18.0. The van der Waals surface area contributed by atoms with Crippen molar-refractivity contribution in [2.24, 2.45) is 5.92 Å². The molecule has 0 bridgehead atoms. The van der Waals surface area contributed by atoms with E-state index >= 15 is 0 Å². The number of nitrogens with zero attached hydrogens (tertiary/aromatic N) is 1. The number of halogens is 1. The van der Waals surface area contributed by atoms with Gasteiger partial charge in [0.1, 0.15) is 10.6 Å². The van der Waals surface area contributed by atoms with Crippen molar-refractivity contribution in [1.29, 1.82) is 0 Å². The van der Waals surface area contributed by atoms with E-state index in [0.29, 0.717) is 18.2 Å². The van der Waals surface area contributed by atoms with Gasteiger partial charge >= 0.3 is 0 Å². The van der Waals surface area contributed by atoms with Crippen molar-refractivity contribution in [1.82, 2.24) is 9.88 Å². The summed E-state index contributed by atoms with van der Waals surface area (Å²) in [6, 6.07) is 1.35. The van der Waals surface area contributed by atoms with Crippen LogP contribution in [0, 0.1) is 5.92 Å². The van der Waals surface area contributed by atoms with Gasteiger partial charge in [0, 0.05) is 29.5 Å². The zero-order valence-corrected chi connectivity index (χ0v) is 14.5. The summed E-state index contributed by atoms with van der Waals surface area (Å²) in [5.74, 6) is 0.123. The predicted molar refractivity (Wildman–Crippen MR) is 84.1 cm³/mol. The number of rotatable bonds is 7. The molecule has 0 saturated heterocycles. The normalized spacial score (nSPS) is 13.4. The molecule has 0 aliphatic carbocycles. The molecule has 7 heteroatoms. The predicted octanol–water partition coefficient (Wildman–Crippen LogP) is 2.99. The average molecular weight is 335 g/mol. The second kappa shape index (κ2) is 7.31. The minimum atomic E-state index is -3.83. The Labute approximate surface area is 131 Å². The molecule has 1 aromatic heterocycles. The van der Waals surface area contributed by atoms with Crippen LogP contribution in [0.2, 0.25) is 0 Å². The molecule has 21 heavy (non-hydrogen) atoms. The summed E-state index contributed by atoms with van der Waals surface area (Å²) < 4.78 is 24.3. The van der Waals surface area contributed by atoms with E-state index in [1.165, 1.54) is 12.3 Å². The first-order chi connectivity index (χ1) is 9.74. The molecule has 1 atom stereocenters. The Bertz CT molecular complexity index is 591. The monoisotopic (exact) mass is 334 g/mol. The van der Waals surface area contributed by atoms with E-state index in [9.17, 15) is 13.2 Å². The highest BCUT2D eigenvalue weighted by atomic mass is 35.7. The highest BCUT2D eigenvalue weighted by Gasteiger charge is 2.22. The highest BCUT2D eigenvalue weighted by molar-refractivity contribution is 8.13. The van der Waals surface area contributed by atoms with Crippen LogP contribution in [0.15, 0.2) is 17.2 Å². The lowest BCUT2D eigenvalue weighted by atomic mass is 9.95. The zero-order valence-electron chi connectivity index (χ0n) is 12.9. The van der Waals surface area contributed by atoms with Crippen molar-refractivity contribution in [3.05, 3.63) is 18.0 Å². The summed E-state index contributed by atoms with van der Waals surface area (Å²) in [6.07, 6.45) is 3.35. The number of amides is 1. The van der Waals surface area contributed by atoms with Crippen molar-refractivity contribution in [3.8, 4) is 0 Å². The quantitative estimate of drug-likeness (QED) is 0.779. The Hall–Kier alpha value is -1.01. The van der Waals surface area contributed by atoms with E-state index in [1.807, 2.05) is 13.8 Å². The molecule has 1 N–H and O–H groups in total. The molecule has 1 heterocycles. The topological polar surface area (TPSA) is 68.2 Å². The minimum Gasteiger partial charge on any atom is -0.348 e. The molecule has 0 aliphatic rings. The third-order valence-electron chi connectivity index (χ3n) is 3.84. The van der Waals surface area contributed by atoms with Gasteiger partial charge in [-0.15, -0.1) is 0 Å². The van der Waals surface area contributed by atoms with Crippen LogP contribution in [0.3, 0.4) is 0 Å². The fourth-order valence-corrected chi connectivity index (χ4v) is 3.22. The average Bonchev–Trinajstić information content (AvgIpc) is 2.84. The lowest BCUT2D eigenvalue weighted by Gasteiger charge is -2.22. The van der Waals surface area contributed by atoms with Crippen LogP contribution in [-0.4, -0.2) is 24.9 Å². The van der Waals surface area contributed by atoms with Crippen LogP contribution >= 0.6 is 10.7 Å².